The molecule has 4 rings (SSSR count). The molecule has 2 aromatic heterocycles. The molecule has 35 heavy (non-hydrogen) atoms. The van der Waals surface area contributed by atoms with Crippen LogP contribution in [-0.2, 0) is 14.3 Å². The standard InChI is InChI=1S/C23H24N4O6S2/c1-31-21(30)17(27-23-25-15-7-3-5-9-19(15)33-23)11-13-35-34-12-10-16(20(28)29)26-22-24-14-6-2-4-8-18(14)32-22/h2-9,16-17H,10-13H2,1H3,(H,24,26)(H,25,27)(H,28,29). The van der Waals surface area contributed by atoms with E-state index in [1.165, 1.54) is 17.9 Å². The number of fused-ring (bicyclic) bond motifs is 2. The summed E-state index contributed by atoms with van der Waals surface area (Å²) in [4.78, 5) is 32.5. The highest BCUT2D eigenvalue weighted by atomic mass is 33.1. The minimum absolute atomic E-state index is 0.183. The number of benzene rings is 2. The first-order chi connectivity index (χ1) is 17.0. The van der Waals surface area contributed by atoms with E-state index in [4.69, 9.17) is 13.6 Å². The predicted molar refractivity (Wildman–Crippen MR) is 137 cm³/mol. The van der Waals surface area contributed by atoms with Gasteiger partial charge in [0.15, 0.2) is 11.2 Å². The van der Waals surface area contributed by atoms with Crippen LogP contribution in [-0.4, -0.2) is 57.7 Å². The number of esters is 1. The minimum Gasteiger partial charge on any atom is -0.480 e. The third-order valence-electron chi connectivity index (χ3n) is 5.03. The van der Waals surface area contributed by atoms with Gasteiger partial charge in [0.1, 0.15) is 23.1 Å². The molecule has 2 unspecified atom stereocenters. The van der Waals surface area contributed by atoms with Gasteiger partial charge in [-0.25, -0.2) is 9.59 Å². The smallest absolute Gasteiger partial charge is 0.328 e. The number of oxazole rings is 2. The SMILES string of the molecule is COC(=O)C(CCSSCCC(Nc1nc2ccccc2o1)C(=O)O)Nc1nc2ccccc2o1. The van der Waals surface area contributed by atoms with Crippen LogP contribution in [0.25, 0.3) is 22.2 Å². The van der Waals surface area contributed by atoms with E-state index in [0.29, 0.717) is 46.5 Å². The summed E-state index contributed by atoms with van der Waals surface area (Å²) in [5, 5.41) is 15.4. The Labute approximate surface area is 208 Å². The third kappa shape index (κ3) is 6.61. The van der Waals surface area contributed by atoms with Gasteiger partial charge < -0.3 is 29.3 Å². The Morgan fingerprint density at radius 2 is 1.37 bits per heavy atom. The van der Waals surface area contributed by atoms with E-state index in [0.717, 1.165) is 0 Å². The number of nitrogens with one attached hydrogen (secondary N) is 2. The number of carbonyl (C=O) groups excluding carboxylic acids is 1. The van der Waals surface area contributed by atoms with Crippen LogP contribution in [0, 0.1) is 0 Å². The Hall–Kier alpha value is -3.38. The van der Waals surface area contributed by atoms with Crippen LogP contribution < -0.4 is 10.6 Å². The lowest BCUT2D eigenvalue weighted by Gasteiger charge is -2.15. The maximum atomic E-state index is 12.2. The summed E-state index contributed by atoms with van der Waals surface area (Å²) >= 11 is 0. The van der Waals surface area contributed by atoms with Crippen LogP contribution >= 0.6 is 21.6 Å². The number of aliphatic carboxylic acids is 1. The minimum atomic E-state index is -0.980. The van der Waals surface area contributed by atoms with Gasteiger partial charge in [0.25, 0.3) is 12.0 Å². The summed E-state index contributed by atoms with van der Waals surface area (Å²) in [5.74, 6) is -0.179. The number of para-hydroxylation sites is 4. The molecule has 2 heterocycles. The van der Waals surface area contributed by atoms with Crippen LogP contribution in [0.15, 0.2) is 57.4 Å². The fraction of sp³-hybridized carbons (Fsp3) is 0.304. The molecular weight excluding hydrogens is 492 g/mol. The molecule has 10 nitrogen and oxygen atoms in total. The summed E-state index contributed by atoms with van der Waals surface area (Å²) in [7, 11) is 4.41. The topological polar surface area (TPSA) is 140 Å². The molecule has 2 atom stereocenters. The summed E-state index contributed by atoms with van der Waals surface area (Å²) < 4.78 is 16.1. The lowest BCUT2D eigenvalue weighted by molar-refractivity contribution is -0.141. The van der Waals surface area contributed by atoms with Crippen molar-refractivity contribution in [3.63, 3.8) is 0 Å². The predicted octanol–water partition coefficient (Wildman–Crippen LogP) is 4.65. The number of carboxylic acids is 1. The van der Waals surface area contributed by atoms with Gasteiger partial charge in [0.2, 0.25) is 0 Å². The molecule has 0 radical (unpaired) electrons. The number of methoxy groups -OCH3 is 1. The Balaban J connectivity index is 1.22. The Morgan fingerprint density at radius 1 is 0.886 bits per heavy atom. The zero-order chi connectivity index (χ0) is 24.6. The monoisotopic (exact) mass is 516 g/mol. The molecule has 0 saturated carbocycles. The number of carboxylic acid groups (broad SMARTS) is 1. The molecule has 12 heteroatoms. The first kappa shape index (κ1) is 24.7. The van der Waals surface area contributed by atoms with Crippen LogP contribution in [0.5, 0.6) is 0 Å². The van der Waals surface area contributed by atoms with Gasteiger partial charge >= 0.3 is 11.9 Å². The van der Waals surface area contributed by atoms with Crippen molar-refractivity contribution in [3.8, 4) is 0 Å². The van der Waals surface area contributed by atoms with Crippen molar-refractivity contribution < 1.29 is 28.3 Å². The lowest BCUT2D eigenvalue weighted by atomic mass is 10.2. The highest BCUT2D eigenvalue weighted by Crippen LogP contribution is 2.26. The average Bonchev–Trinajstić information content (AvgIpc) is 3.46. The summed E-state index contributed by atoms with van der Waals surface area (Å²) in [5.41, 5.74) is 2.58. The molecule has 2 aromatic carbocycles. The molecule has 0 amide bonds. The van der Waals surface area contributed by atoms with Crippen molar-refractivity contribution in [1.82, 2.24) is 9.97 Å². The van der Waals surface area contributed by atoms with E-state index in [9.17, 15) is 14.7 Å². The molecule has 0 aliphatic carbocycles. The van der Waals surface area contributed by atoms with Crippen molar-refractivity contribution in [3.05, 3.63) is 48.5 Å². The van der Waals surface area contributed by atoms with Crippen LogP contribution in [0.2, 0.25) is 0 Å². The van der Waals surface area contributed by atoms with Crippen LogP contribution in [0.1, 0.15) is 12.8 Å². The maximum absolute atomic E-state index is 12.2. The molecular formula is C23H24N4O6S2. The largest absolute Gasteiger partial charge is 0.480 e. The van der Waals surface area contributed by atoms with E-state index in [1.807, 2.05) is 30.3 Å². The van der Waals surface area contributed by atoms with E-state index in [2.05, 4.69) is 20.6 Å². The Bertz CT molecular complexity index is 1230. The van der Waals surface area contributed by atoms with Crippen LogP contribution in [0.4, 0.5) is 12.0 Å². The Morgan fingerprint density at radius 3 is 1.86 bits per heavy atom. The van der Waals surface area contributed by atoms with Gasteiger partial charge in [0, 0.05) is 11.5 Å². The van der Waals surface area contributed by atoms with Crippen molar-refractivity contribution in [2.24, 2.45) is 0 Å². The number of ether oxygens (including phenoxy) is 1. The van der Waals surface area contributed by atoms with Gasteiger partial charge in [-0.05, 0) is 37.1 Å². The number of aromatic nitrogens is 2. The summed E-state index contributed by atoms with van der Waals surface area (Å²) in [6.45, 7) is 0. The van der Waals surface area contributed by atoms with Gasteiger partial charge in [-0.1, -0.05) is 45.9 Å². The zero-order valence-electron chi connectivity index (χ0n) is 18.8. The van der Waals surface area contributed by atoms with Gasteiger partial charge in [-0.3, -0.25) is 0 Å². The molecule has 184 valence electrons. The number of anilines is 2. The lowest BCUT2D eigenvalue weighted by Crippen LogP contribution is -2.31. The quantitative estimate of drug-likeness (QED) is 0.129. The number of hydrogen-bond acceptors (Lipinski definition) is 11. The van der Waals surface area contributed by atoms with E-state index in [1.54, 1.807) is 29.0 Å². The highest BCUT2D eigenvalue weighted by Gasteiger charge is 2.22. The van der Waals surface area contributed by atoms with Gasteiger partial charge in [-0.2, -0.15) is 9.97 Å². The highest BCUT2D eigenvalue weighted by molar-refractivity contribution is 8.76. The number of nitrogens with zero attached hydrogens (tertiary/aromatic N) is 2. The molecule has 0 aliphatic heterocycles. The van der Waals surface area contributed by atoms with Crippen molar-refractivity contribution in [2.45, 2.75) is 24.9 Å². The van der Waals surface area contributed by atoms with Gasteiger partial charge in [-0.15, -0.1) is 0 Å². The number of carbonyl (C=O) groups is 2. The maximum Gasteiger partial charge on any atom is 0.328 e. The second kappa shape index (κ2) is 11.8. The average molecular weight is 517 g/mol. The van der Waals surface area contributed by atoms with E-state index >= 15 is 0 Å². The summed E-state index contributed by atoms with van der Waals surface area (Å²) in [6, 6.07) is 13.6. The van der Waals surface area contributed by atoms with Crippen LogP contribution in [0.3, 0.4) is 0 Å². The fourth-order valence-electron chi connectivity index (χ4n) is 3.26. The molecule has 3 N–H and O–H groups in total. The first-order valence-electron chi connectivity index (χ1n) is 10.8. The van der Waals surface area contributed by atoms with Crippen molar-refractivity contribution in [2.75, 3.05) is 29.2 Å². The van der Waals surface area contributed by atoms with E-state index < -0.39 is 24.0 Å². The molecule has 0 aliphatic rings. The van der Waals surface area contributed by atoms with Crippen molar-refractivity contribution >= 4 is 67.8 Å². The molecule has 0 saturated heterocycles. The fourth-order valence-corrected chi connectivity index (χ4v) is 5.45. The van der Waals surface area contributed by atoms with Crippen molar-refractivity contribution in [1.29, 1.82) is 0 Å². The molecule has 0 spiro atoms. The second-order valence-electron chi connectivity index (χ2n) is 7.45. The third-order valence-corrected chi connectivity index (χ3v) is 7.50. The molecule has 4 aromatic rings. The van der Waals surface area contributed by atoms with E-state index in [-0.39, 0.29) is 12.0 Å². The molecule has 0 bridgehead atoms. The normalized spacial score (nSPS) is 12.9. The number of hydrogen-bond donors (Lipinski definition) is 3. The Kier molecular flexibility index (Phi) is 8.37. The molecule has 0 fully saturated rings. The second-order valence-corrected chi connectivity index (χ2v) is 10.2. The summed E-state index contributed by atoms with van der Waals surface area (Å²) in [6.07, 6.45) is 0.847. The zero-order valence-corrected chi connectivity index (χ0v) is 20.4. The number of rotatable bonds is 13. The van der Waals surface area contributed by atoms with Gasteiger partial charge in [0.05, 0.1) is 7.11 Å². The first-order valence-corrected chi connectivity index (χ1v) is 13.3.